The van der Waals surface area contributed by atoms with E-state index >= 15 is 0 Å². The van der Waals surface area contributed by atoms with Crippen LogP contribution in [0.3, 0.4) is 0 Å². The number of hydrogen-bond donors (Lipinski definition) is 1. The molecule has 0 amide bonds. The van der Waals surface area contributed by atoms with Gasteiger partial charge in [0.1, 0.15) is 6.61 Å². The average molecular weight is 261 g/mol. The first-order valence-corrected chi connectivity index (χ1v) is 5.89. The molecule has 1 rings (SSSR count). The summed E-state index contributed by atoms with van der Waals surface area (Å²) in [5, 5.41) is 3.12. The molecule has 0 aromatic heterocycles. The highest BCUT2D eigenvalue weighted by atomic mass is 19.3. The Hall–Kier alpha value is -1.23. The zero-order valence-electron chi connectivity index (χ0n) is 10.6. The highest BCUT2D eigenvalue weighted by Gasteiger charge is 2.12. The Morgan fingerprint density at radius 3 is 2.61 bits per heavy atom. The smallest absolute Gasteiger partial charge is 0.272 e. The summed E-state index contributed by atoms with van der Waals surface area (Å²) in [7, 11) is 0. The molecule has 0 saturated heterocycles. The van der Waals surface area contributed by atoms with Crippen LogP contribution < -0.4 is 10.1 Å². The van der Waals surface area contributed by atoms with E-state index in [1.807, 2.05) is 13.8 Å². The second kappa shape index (κ2) is 7.26. The van der Waals surface area contributed by atoms with E-state index < -0.39 is 18.8 Å². The quantitative estimate of drug-likeness (QED) is 0.813. The van der Waals surface area contributed by atoms with Gasteiger partial charge in [-0.3, -0.25) is 0 Å². The van der Waals surface area contributed by atoms with Gasteiger partial charge in [-0.25, -0.2) is 13.2 Å². The van der Waals surface area contributed by atoms with Crippen molar-refractivity contribution in [2.45, 2.75) is 26.8 Å². The Morgan fingerprint density at radius 2 is 2.00 bits per heavy atom. The highest BCUT2D eigenvalue weighted by Crippen LogP contribution is 2.23. The molecule has 0 radical (unpaired) electrons. The third-order valence-corrected chi connectivity index (χ3v) is 2.27. The molecule has 1 N–H and O–H groups in total. The van der Waals surface area contributed by atoms with Gasteiger partial charge >= 0.3 is 0 Å². The van der Waals surface area contributed by atoms with E-state index in [2.05, 4.69) is 5.32 Å². The van der Waals surface area contributed by atoms with Crippen LogP contribution in [0.4, 0.5) is 13.2 Å². The third kappa shape index (κ3) is 4.96. The number of benzene rings is 1. The van der Waals surface area contributed by atoms with Crippen LogP contribution in [0.5, 0.6) is 5.75 Å². The fourth-order valence-corrected chi connectivity index (χ4v) is 1.50. The molecule has 0 saturated carbocycles. The zero-order chi connectivity index (χ0) is 13.5. The third-order valence-electron chi connectivity index (χ3n) is 2.27. The summed E-state index contributed by atoms with van der Waals surface area (Å²) in [5.41, 5.74) is 0.552. The van der Waals surface area contributed by atoms with Gasteiger partial charge in [0.15, 0.2) is 11.6 Å². The Labute approximate surface area is 105 Å². The molecule has 102 valence electrons. The number of hydrogen-bond acceptors (Lipinski definition) is 2. The molecular formula is C13H18F3NO. The summed E-state index contributed by atoms with van der Waals surface area (Å²) in [6.45, 7) is 4.47. The standard InChI is InChI=1S/C13H18F3NO/c1-9(2)6-17-7-10-4-3-5-11(14)13(10)18-8-12(15)16/h3-5,9,12,17H,6-8H2,1-2H3. The fraction of sp³-hybridized carbons (Fsp3) is 0.538. The summed E-state index contributed by atoms with van der Waals surface area (Å²) in [5.74, 6) is -0.238. The van der Waals surface area contributed by atoms with Crippen LogP contribution >= 0.6 is 0 Å². The van der Waals surface area contributed by atoms with Crippen molar-refractivity contribution in [1.29, 1.82) is 0 Å². The first kappa shape index (κ1) is 14.8. The number of ether oxygens (including phenoxy) is 1. The van der Waals surface area contributed by atoms with Crippen LogP contribution in [0.2, 0.25) is 0 Å². The van der Waals surface area contributed by atoms with Gasteiger partial charge in [0.25, 0.3) is 6.43 Å². The van der Waals surface area contributed by atoms with Gasteiger partial charge in [-0.2, -0.15) is 0 Å². The van der Waals surface area contributed by atoms with Gasteiger partial charge < -0.3 is 10.1 Å². The summed E-state index contributed by atoms with van der Waals surface area (Å²) in [6, 6.07) is 4.40. The number of alkyl halides is 2. The number of para-hydroxylation sites is 1. The van der Waals surface area contributed by atoms with Gasteiger partial charge in [-0.05, 0) is 18.5 Å². The van der Waals surface area contributed by atoms with Gasteiger partial charge in [-0.1, -0.05) is 26.0 Å². The lowest BCUT2D eigenvalue weighted by Gasteiger charge is -2.13. The Balaban J connectivity index is 2.67. The predicted molar refractivity (Wildman–Crippen MR) is 64.4 cm³/mol. The molecule has 0 bridgehead atoms. The topological polar surface area (TPSA) is 21.3 Å². The van der Waals surface area contributed by atoms with E-state index in [9.17, 15) is 13.2 Å². The number of halogens is 3. The normalized spacial score (nSPS) is 11.3. The highest BCUT2D eigenvalue weighted by molar-refractivity contribution is 5.34. The molecule has 0 heterocycles. The van der Waals surface area contributed by atoms with Crippen molar-refractivity contribution in [2.24, 2.45) is 5.92 Å². The van der Waals surface area contributed by atoms with Crippen LogP contribution in [-0.4, -0.2) is 19.6 Å². The Bertz CT molecular complexity index is 369. The minimum Gasteiger partial charge on any atom is -0.484 e. The fourth-order valence-electron chi connectivity index (χ4n) is 1.50. The van der Waals surface area contributed by atoms with Crippen molar-refractivity contribution < 1.29 is 17.9 Å². The Kier molecular flexibility index (Phi) is 5.98. The second-order valence-corrected chi connectivity index (χ2v) is 4.45. The number of nitrogens with one attached hydrogen (secondary N) is 1. The lowest BCUT2D eigenvalue weighted by molar-refractivity contribution is 0.0793. The minimum absolute atomic E-state index is 0.0888. The van der Waals surface area contributed by atoms with Crippen molar-refractivity contribution in [2.75, 3.05) is 13.2 Å². The molecule has 0 aliphatic carbocycles. The van der Waals surface area contributed by atoms with E-state index in [4.69, 9.17) is 4.74 Å². The van der Waals surface area contributed by atoms with Gasteiger partial charge in [0.2, 0.25) is 0 Å². The molecule has 0 spiro atoms. The maximum absolute atomic E-state index is 13.5. The van der Waals surface area contributed by atoms with E-state index in [1.54, 1.807) is 6.07 Å². The van der Waals surface area contributed by atoms with Gasteiger partial charge in [0.05, 0.1) is 0 Å². The molecule has 0 unspecified atom stereocenters. The predicted octanol–water partition coefficient (Wildman–Crippen LogP) is 3.22. The van der Waals surface area contributed by atoms with Crippen LogP contribution in [-0.2, 0) is 6.54 Å². The van der Waals surface area contributed by atoms with Crippen molar-refractivity contribution in [3.05, 3.63) is 29.6 Å². The van der Waals surface area contributed by atoms with Crippen LogP contribution in [0.15, 0.2) is 18.2 Å². The average Bonchev–Trinajstić information content (AvgIpc) is 2.27. The maximum atomic E-state index is 13.5. The van der Waals surface area contributed by atoms with Crippen molar-refractivity contribution in [3.8, 4) is 5.75 Å². The van der Waals surface area contributed by atoms with E-state index in [0.717, 1.165) is 6.54 Å². The molecule has 2 nitrogen and oxygen atoms in total. The summed E-state index contributed by atoms with van der Waals surface area (Å²) >= 11 is 0. The van der Waals surface area contributed by atoms with Crippen molar-refractivity contribution >= 4 is 0 Å². The summed E-state index contributed by atoms with van der Waals surface area (Å²) in [6.07, 6.45) is -2.61. The van der Waals surface area contributed by atoms with E-state index in [0.29, 0.717) is 18.0 Å². The SMILES string of the molecule is CC(C)CNCc1cccc(F)c1OCC(F)F. The van der Waals surface area contributed by atoms with Crippen LogP contribution in [0.1, 0.15) is 19.4 Å². The van der Waals surface area contributed by atoms with Gasteiger partial charge in [-0.15, -0.1) is 0 Å². The molecule has 1 aromatic carbocycles. The molecule has 1 aromatic rings. The monoisotopic (exact) mass is 261 g/mol. The molecular weight excluding hydrogens is 243 g/mol. The first-order valence-electron chi connectivity index (χ1n) is 5.89. The molecule has 0 aliphatic rings. The maximum Gasteiger partial charge on any atom is 0.272 e. The lowest BCUT2D eigenvalue weighted by Crippen LogP contribution is -2.20. The van der Waals surface area contributed by atoms with E-state index in [-0.39, 0.29) is 5.75 Å². The van der Waals surface area contributed by atoms with Crippen LogP contribution in [0, 0.1) is 11.7 Å². The lowest BCUT2D eigenvalue weighted by atomic mass is 10.1. The molecule has 18 heavy (non-hydrogen) atoms. The van der Waals surface area contributed by atoms with Crippen LogP contribution in [0.25, 0.3) is 0 Å². The Morgan fingerprint density at radius 1 is 1.28 bits per heavy atom. The minimum atomic E-state index is -2.61. The first-order chi connectivity index (χ1) is 8.50. The van der Waals surface area contributed by atoms with Crippen molar-refractivity contribution in [3.63, 3.8) is 0 Å². The molecule has 5 heteroatoms. The van der Waals surface area contributed by atoms with Gasteiger partial charge in [0, 0.05) is 12.1 Å². The second-order valence-electron chi connectivity index (χ2n) is 4.45. The number of rotatable bonds is 7. The molecule has 0 fully saturated rings. The summed E-state index contributed by atoms with van der Waals surface area (Å²) in [4.78, 5) is 0. The largest absolute Gasteiger partial charge is 0.484 e. The molecule has 0 atom stereocenters. The summed E-state index contributed by atoms with van der Waals surface area (Å²) < 4.78 is 42.5. The van der Waals surface area contributed by atoms with Crippen molar-refractivity contribution in [1.82, 2.24) is 5.32 Å². The van der Waals surface area contributed by atoms with E-state index in [1.165, 1.54) is 12.1 Å². The zero-order valence-corrected chi connectivity index (χ0v) is 10.6. The molecule has 0 aliphatic heterocycles.